The first-order chi connectivity index (χ1) is 9.79. The molecule has 0 aliphatic rings. The van der Waals surface area contributed by atoms with E-state index in [-0.39, 0.29) is 6.79 Å². The predicted molar refractivity (Wildman–Crippen MR) is 77.1 cm³/mol. The molecule has 0 aliphatic carbocycles. The van der Waals surface area contributed by atoms with Crippen molar-refractivity contribution in [1.82, 2.24) is 10.2 Å². The van der Waals surface area contributed by atoms with Gasteiger partial charge in [-0.25, -0.2) is 0 Å². The quantitative estimate of drug-likeness (QED) is 0.588. The van der Waals surface area contributed by atoms with Crippen molar-refractivity contribution in [3.05, 3.63) is 41.2 Å². The lowest BCUT2D eigenvalue weighted by Gasteiger charge is -2.06. The second kappa shape index (κ2) is 5.44. The van der Waals surface area contributed by atoms with Crippen LogP contribution < -0.4 is 4.74 Å². The molecule has 20 heavy (non-hydrogen) atoms. The van der Waals surface area contributed by atoms with Crippen molar-refractivity contribution in [3.8, 4) is 17.0 Å². The van der Waals surface area contributed by atoms with Gasteiger partial charge in [0.2, 0.25) is 0 Å². The van der Waals surface area contributed by atoms with Crippen molar-refractivity contribution in [1.29, 1.82) is 0 Å². The summed E-state index contributed by atoms with van der Waals surface area (Å²) in [4.78, 5) is 0. The van der Waals surface area contributed by atoms with Crippen molar-refractivity contribution in [2.24, 2.45) is 0 Å². The molecule has 0 atom stereocenters. The van der Waals surface area contributed by atoms with Gasteiger partial charge < -0.3 is 13.9 Å². The van der Waals surface area contributed by atoms with Crippen LogP contribution in [0.15, 0.2) is 41.1 Å². The van der Waals surface area contributed by atoms with E-state index in [1.54, 1.807) is 25.6 Å². The Balaban J connectivity index is 2.08. The summed E-state index contributed by atoms with van der Waals surface area (Å²) < 4.78 is 16.6. The molecule has 0 radical (unpaired) electrons. The van der Waals surface area contributed by atoms with E-state index in [2.05, 4.69) is 10.2 Å². The second-order valence-electron chi connectivity index (χ2n) is 4.16. The van der Waals surface area contributed by atoms with Crippen molar-refractivity contribution >= 4 is 23.2 Å². The van der Waals surface area contributed by atoms with Crippen LogP contribution in [0, 0.1) is 4.51 Å². The van der Waals surface area contributed by atoms with Gasteiger partial charge in [0.1, 0.15) is 17.6 Å². The van der Waals surface area contributed by atoms with Gasteiger partial charge in [0.05, 0.1) is 15.8 Å². The number of fused-ring (bicyclic) bond motifs is 1. The minimum absolute atomic E-state index is 0.193. The number of aromatic amines is 1. The Bertz CT molecular complexity index is 781. The van der Waals surface area contributed by atoms with E-state index in [4.69, 9.17) is 26.1 Å². The molecule has 5 nitrogen and oxygen atoms in total. The third-order valence-electron chi connectivity index (χ3n) is 2.88. The Morgan fingerprint density at radius 1 is 1.35 bits per heavy atom. The van der Waals surface area contributed by atoms with Crippen LogP contribution in [0.2, 0.25) is 0 Å². The van der Waals surface area contributed by atoms with Gasteiger partial charge in [-0.15, -0.1) is 0 Å². The average Bonchev–Trinajstić information content (AvgIpc) is 2.99. The molecule has 0 aliphatic heterocycles. The SMILES string of the molecule is COCOc1ccc2c(=S)c(-c3ccn[nH]3)coc2c1. The largest absolute Gasteiger partial charge is 0.467 e. The molecule has 0 unspecified atom stereocenters. The molecular weight excluding hydrogens is 276 g/mol. The van der Waals surface area contributed by atoms with Crippen LogP contribution in [0.1, 0.15) is 0 Å². The Labute approximate surface area is 120 Å². The van der Waals surface area contributed by atoms with E-state index >= 15 is 0 Å². The van der Waals surface area contributed by atoms with Crippen LogP contribution in [0.25, 0.3) is 22.2 Å². The summed E-state index contributed by atoms with van der Waals surface area (Å²) in [7, 11) is 1.57. The molecule has 6 heteroatoms. The van der Waals surface area contributed by atoms with Gasteiger partial charge >= 0.3 is 0 Å². The minimum atomic E-state index is 0.193. The Hall–Kier alpha value is -2.18. The summed E-state index contributed by atoms with van der Waals surface area (Å²) in [6, 6.07) is 7.36. The van der Waals surface area contributed by atoms with Gasteiger partial charge in [0.25, 0.3) is 0 Å². The topological polar surface area (TPSA) is 60.3 Å². The average molecular weight is 288 g/mol. The molecule has 0 amide bonds. The van der Waals surface area contributed by atoms with Crippen molar-refractivity contribution in [2.75, 3.05) is 13.9 Å². The van der Waals surface area contributed by atoms with Crippen LogP contribution in [0.3, 0.4) is 0 Å². The zero-order valence-corrected chi connectivity index (χ0v) is 11.6. The highest BCUT2D eigenvalue weighted by atomic mass is 32.1. The monoisotopic (exact) mass is 288 g/mol. The van der Waals surface area contributed by atoms with E-state index in [9.17, 15) is 0 Å². The normalized spacial score (nSPS) is 10.8. The highest BCUT2D eigenvalue weighted by molar-refractivity contribution is 7.71. The van der Waals surface area contributed by atoms with Crippen molar-refractivity contribution < 1.29 is 13.9 Å². The van der Waals surface area contributed by atoms with Gasteiger partial charge in [-0.1, -0.05) is 12.2 Å². The minimum Gasteiger partial charge on any atom is -0.467 e. The molecule has 1 N–H and O–H groups in total. The molecule has 0 saturated heterocycles. The zero-order chi connectivity index (χ0) is 13.9. The van der Waals surface area contributed by atoms with Gasteiger partial charge in [-0.3, -0.25) is 5.10 Å². The van der Waals surface area contributed by atoms with Crippen LogP contribution >= 0.6 is 12.2 Å². The summed E-state index contributed by atoms with van der Waals surface area (Å²) in [6.45, 7) is 0.193. The maximum Gasteiger partial charge on any atom is 0.188 e. The third-order valence-corrected chi connectivity index (χ3v) is 3.32. The van der Waals surface area contributed by atoms with E-state index in [0.29, 0.717) is 15.8 Å². The lowest BCUT2D eigenvalue weighted by molar-refractivity contribution is 0.0512. The maximum atomic E-state index is 5.63. The van der Waals surface area contributed by atoms with Gasteiger partial charge in [-0.2, -0.15) is 5.10 Å². The Morgan fingerprint density at radius 2 is 2.25 bits per heavy atom. The molecular formula is C14H12N2O3S. The fraction of sp³-hybridized carbons (Fsp3) is 0.143. The Kier molecular flexibility index (Phi) is 3.49. The van der Waals surface area contributed by atoms with Crippen molar-refractivity contribution in [2.45, 2.75) is 0 Å². The number of hydrogen-bond donors (Lipinski definition) is 1. The lowest BCUT2D eigenvalue weighted by Crippen LogP contribution is -1.98. The lowest BCUT2D eigenvalue weighted by atomic mass is 10.1. The van der Waals surface area contributed by atoms with E-state index in [0.717, 1.165) is 16.6 Å². The first-order valence-corrected chi connectivity index (χ1v) is 6.37. The van der Waals surface area contributed by atoms with E-state index in [1.807, 2.05) is 18.2 Å². The number of hydrogen-bond acceptors (Lipinski definition) is 5. The summed E-state index contributed by atoms with van der Waals surface area (Å²) in [5.41, 5.74) is 2.32. The van der Waals surface area contributed by atoms with E-state index in [1.165, 1.54) is 0 Å². The highest BCUT2D eigenvalue weighted by Crippen LogP contribution is 2.28. The summed E-state index contributed by atoms with van der Waals surface area (Å²) >= 11 is 5.50. The summed E-state index contributed by atoms with van der Waals surface area (Å²) in [6.07, 6.45) is 3.30. The summed E-state index contributed by atoms with van der Waals surface area (Å²) in [5, 5.41) is 7.66. The molecule has 3 rings (SSSR count). The number of nitrogens with one attached hydrogen (secondary N) is 1. The number of rotatable bonds is 4. The first kappa shape index (κ1) is 12.8. The predicted octanol–water partition coefficient (Wildman–Crippen LogP) is 3.54. The highest BCUT2D eigenvalue weighted by Gasteiger charge is 2.08. The number of ether oxygens (including phenoxy) is 2. The first-order valence-electron chi connectivity index (χ1n) is 5.96. The van der Waals surface area contributed by atoms with Crippen molar-refractivity contribution in [3.63, 3.8) is 0 Å². The van der Waals surface area contributed by atoms with Gasteiger partial charge in [0.15, 0.2) is 6.79 Å². The number of aromatic nitrogens is 2. The molecule has 0 fully saturated rings. The van der Waals surface area contributed by atoms with E-state index < -0.39 is 0 Å². The molecule has 3 aromatic rings. The zero-order valence-electron chi connectivity index (χ0n) is 10.8. The molecule has 102 valence electrons. The third kappa shape index (κ3) is 2.31. The molecule has 0 bridgehead atoms. The molecule has 0 spiro atoms. The smallest absolute Gasteiger partial charge is 0.188 e. The second-order valence-corrected chi connectivity index (χ2v) is 4.57. The molecule has 1 aromatic carbocycles. The number of benzene rings is 1. The van der Waals surface area contributed by atoms with Crippen LogP contribution in [-0.4, -0.2) is 24.1 Å². The van der Waals surface area contributed by atoms with Crippen LogP contribution in [0.4, 0.5) is 0 Å². The molecule has 0 saturated carbocycles. The fourth-order valence-corrected chi connectivity index (χ4v) is 2.24. The van der Waals surface area contributed by atoms with Gasteiger partial charge in [0, 0.05) is 24.8 Å². The number of methoxy groups -OCH3 is 1. The molecule has 2 aromatic heterocycles. The number of H-pyrrole nitrogens is 1. The standard InChI is InChI=1S/C14H12N2O3S/c1-17-8-19-9-2-3-10-13(6-9)18-7-11(14(10)20)12-4-5-15-16-12/h2-7H,8H2,1H3,(H,15,16). The van der Waals surface area contributed by atoms with Gasteiger partial charge in [-0.05, 0) is 18.2 Å². The maximum absolute atomic E-state index is 5.63. The number of nitrogens with zero attached hydrogens (tertiary/aromatic N) is 1. The molecule has 2 heterocycles. The summed E-state index contributed by atoms with van der Waals surface area (Å²) in [5.74, 6) is 0.673. The Morgan fingerprint density at radius 3 is 3.00 bits per heavy atom. The van der Waals surface area contributed by atoms with Crippen LogP contribution in [0.5, 0.6) is 5.75 Å². The fourth-order valence-electron chi connectivity index (χ4n) is 1.92. The van der Waals surface area contributed by atoms with Crippen LogP contribution in [-0.2, 0) is 4.74 Å².